The molecule has 9 heteroatoms. The van der Waals surface area contributed by atoms with E-state index in [1.54, 1.807) is 23.6 Å². The van der Waals surface area contributed by atoms with Crippen molar-refractivity contribution in [1.82, 2.24) is 15.3 Å². The molecular formula is C23H22N4O4S. The number of ether oxygens (including phenoxy) is 2. The summed E-state index contributed by atoms with van der Waals surface area (Å²) in [5.74, 6) is 0.347. The molecule has 4 aromatic rings. The molecule has 0 saturated carbocycles. The molecule has 8 nitrogen and oxygen atoms in total. The Balaban J connectivity index is 1.35. The molecule has 32 heavy (non-hydrogen) atoms. The lowest BCUT2D eigenvalue weighted by atomic mass is 10.1. The highest BCUT2D eigenvalue weighted by molar-refractivity contribution is 7.14. The molecule has 0 bridgehead atoms. The summed E-state index contributed by atoms with van der Waals surface area (Å²) in [6, 6.07) is 12.9. The first-order valence-corrected chi connectivity index (χ1v) is 10.8. The van der Waals surface area contributed by atoms with Gasteiger partial charge in [0.05, 0.1) is 14.2 Å². The SMILES string of the molecule is COc1cc(OC)cc(C(=O)Nc2nc(C(=O)NCCc3c[nH]c4ccccc34)cs2)c1. The summed E-state index contributed by atoms with van der Waals surface area (Å²) in [6.07, 6.45) is 2.65. The van der Waals surface area contributed by atoms with Gasteiger partial charge in [0.15, 0.2) is 5.13 Å². The number of nitrogens with one attached hydrogen (secondary N) is 3. The van der Waals surface area contributed by atoms with E-state index in [4.69, 9.17) is 9.47 Å². The van der Waals surface area contributed by atoms with Crippen LogP contribution in [0.4, 0.5) is 5.13 Å². The number of H-pyrrole nitrogens is 1. The normalized spacial score (nSPS) is 10.7. The van der Waals surface area contributed by atoms with E-state index in [9.17, 15) is 9.59 Å². The van der Waals surface area contributed by atoms with Crippen molar-refractivity contribution in [1.29, 1.82) is 0 Å². The standard InChI is InChI=1S/C23H22N4O4S/c1-30-16-9-15(10-17(11-16)31-2)21(28)27-23-26-20(13-32-23)22(29)24-8-7-14-12-25-19-6-4-3-5-18(14)19/h3-6,9-13,25H,7-8H2,1-2H3,(H,24,29)(H,26,27,28). The number of thiazole rings is 1. The number of hydrogen-bond acceptors (Lipinski definition) is 6. The minimum Gasteiger partial charge on any atom is -0.497 e. The molecule has 3 N–H and O–H groups in total. The smallest absolute Gasteiger partial charge is 0.270 e. The van der Waals surface area contributed by atoms with Gasteiger partial charge in [-0.2, -0.15) is 0 Å². The molecular weight excluding hydrogens is 428 g/mol. The number of amides is 2. The second-order valence-corrected chi connectivity index (χ2v) is 7.82. The second kappa shape index (κ2) is 9.52. The minimum atomic E-state index is -0.372. The third-order valence-corrected chi connectivity index (χ3v) is 5.68. The van der Waals surface area contributed by atoms with Crippen LogP contribution in [0.1, 0.15) is 26.4 Å². The van der Waals surface area contributed by atoms with E-state index in [0.29, 0.717) is 35.2 Å². The fraction of sp³-hybridized carbons (Fsp3) is 0.174. The van der Waals surface area contributed by atoms with Gasteiger partial charge in [0.2, 0.25) is 0 Å². The molecule has 4 rings (SSSR count). The number of para-hydroxylation sites is 1. The van der Waals surface area contributed by atoms with Crippen LogP contribution in [0.3, 0.4) is 0 Å². The van der Waals surface area contributed by atoms with Gasteiger partial charge in [-0.3, -0.25) is 14.9 Å². The fourth-order valence-corrected chi connectivity index (χ4v) is 3.97. The number of hydrogen-bond donors (Lipinski definition) is 3. The van der Waals surface area contributed by atoms with Crippen LogP contribution in [0.2, 0.25) is 0 Å². The van der Waals surface area contributed by atoms with Gasteiger partial charge >= 0.3 is 0 Å². The first-order valence-electron chi connectivity index (χ1n) is 9.90. The molecule has 0 spiro atoms. The zero-order valence-electron chi connectivity index (χ0n) is 17.6. The van der Waals surface area contributed by atoms with Crippen molar-refractivity contribution in [2.24, 2.45) is 0 Å². The van der Waals surface area contributed by atoms with Crippen LogP contribution in [0, 0.1) is 0 Å². The topological polar surface area (TPSA) is 105 Å². The number of carbonyl (C=O) groups is 2. The van der Waals surface area contributed by atoms with Gasteiger partial charge in [-0.1, -0.05) is 18.2 Å². The van der Waals surface area contributed by atoms with Gasteiger partial charge in [-0.05, 0) is 30.2 Å². The van der Waals surface area contributed by atoms with E-state index in [1.807, 2.05) is 24.4 Å². The van der Waals surface area contributed by atoms with E-state index < -0.39 is 0 Å². The zero-order valence-corrected chi connectivity index (χ0v) is 18.4. The molecule has 0 unspecified atom stereocenters. The van der Waals surface area contributed by atoms with Crippen molar-refractivity contribution in [3.05, 3.63) is 70.9 Å². The third-order valence-electron chi connectivity index (χ3n) is 4.93. The maximum atomic E-state index is 12.6. The average Bonchev–Trinajstić information content (AvgIpc) is 3.46. The molecule has 2 heterocycles. The second-order valence-electron chi connectivity index (χ2n) is 6.96. The lowest BCUT2D eigenvalue weighted by Gasteiger charge is -2.08. The summed E-state index contributed by atoms with van der Waals surface area (Å²) in [7, 11) is 3.03. The maximum Gasteiger partial charge on any atom is 0.270 e. The Labute approximate surface area is 188 Å². The number of methoxy groups -OCH3 is 2. The number of fused-ring (bicyclic) bond motifs is 1. The molecule has 0 radical (unpaired) electrons. The first kappa shape index (κ1) is 21.4. The van der Waals surface area contributed by atoms with E-state index in [2.05, 4.69) is 26.7 Å². The number of nitrogens with zero attached hydrogens (tertiary/aromatic N) is 1. The Morgan fingerprint density at radius 2 is 1.81 bits per heavy atom. The maximum absolute atomic E-state index is 12.6. The van der Waals surface area contributed by atoms with Gasteiger partial charge < -0.3 is 19.8 Å². The van der Waals surface area contributed by atoms with Crippen molar-refractivity contribution >= 4 is 39.2 Å². The molecule has 2 aromatic heterocycles. The Bertz CT molecular complexity index is 1240. The lowest BCUT2D eigenvalue weighted by molar-refractivity contribution is 0.0948. The van der Waals surface area contributed by atoms with Gasteiger partial charge in [0, 0.05) is 40.7 Å². The van der Waals surface area contributed by atoms with Crippen LogP contribution in [0.5, 0.6) is 11.5 Å². The van der Waals surface area contributed by atoms with Crippen molar-refractivity contribution in [2.45, 2.75) is 6.42 Å². The molecule has 0 aliphatic carbocycles. The van der Waals surface area contributed by atoms with Crippen LogP contribution in [0.15, 0.2) is 54.0 Å². The highest BCUT2D eigenvalue weighted by Crippen LogP contribution is 2.24. The number of rotatable bonds is 8. The number of benzene rings is 2. The summed E-state index contributed by atoms with van der Waals surface area (Å²) in [5.41, 5.74) is 2.83. The van der Waals surface area contributed by atoms with Crippen molar-refractivity contribution < 1.29 is 19.1 Å². The minimum absolute atomic E-state index is 0.257. The zero-order chi connectivity index (χ0) is 22.5. The lowest BCUT2D eigenvalue weighted by Crippen LogP contribution is -2.26. The molecule has 2 aromatic carbocycles. The monoisotopic (exact) mass is 450 g/mol. The van der Waals surface area contributed by atoms with Crippen LogP contribution in [0.25, 0.3) is 10.9 Å². The highest BCUT2D eigenvalue weighted by Gasteiger charge is 2.15. The first-order chi connectivity index (χ1) is 15.6. The van der Waals surface area contributed by atoms with Crippen molar-refractivity contribution in [3.63, 3.8) is 0 Å². The predicted octanol–water partition coefficient (Wildman–Crippen LogP) is 3.87. The molecule has 0 aliphatic rings. The van der Waals surface area contributed by atoms with Gasteiger partial charge in [0.25, 0.3) is 11.8 Å². The molecule has 164 valence electrons. The number of aromatic nitrogens is 2. The Kier molecular flexibility index (Phi) is 6.37. The fourth-order valence-electron chi connectivity index (χ4n) is 3.28. The van der Waals surface area contributed by atoms with Gasteiger partial charge in [0.1, 0.15) is 17.2 Å². The molecule has 0 fully saturated rings. The predicted molar refractivity (Wildman–Crippen MR) is 124 cm³/mol. The third kappa shape index (κ3) is 4.73. The number of aromatic amines is 1. The number of carbonyl (C=O) groups excluding carboxylic acids is 2. The molecule has 0 saturated heterocycles. The molecule has 0 aliphatic heterocycles. The molecule has 2 amide bonds. The quantitative estimate of drug-likeness (QED) is 0.378. The highest BCUT2D eigenvalue weighted by atomic mass is 32.1. The van der Waals surface area contributed by atoms with Crippen LogP contribution < -0.4 is 20.1 Å². The summed E-state index contributed by atoms with van der Waals surface area (Å²) in [6.45, 7) is 0.476. The Morgan fingerprint density at radius 1 is 1.06 bits per heavy atom. The molecule has 0 atom stereocenters. The van der Waals surface area contributed by atoms with Crippen molar-refractivity contribution in [2.75, 3.05) is 26.1 Å². The summed E-state index contributed by atoms with van der Waals surface area (Å²) >= 11 is 1.18. The Hall–Kier alpha value is -3.85. The average molecular weight is 451 g/mol. The van der Waals surface area contributed by atoms with E-state index >= 15 is 0 Å². The van der Waals surface area contributed by atoms with Crippen molar-refractivity contribution in [3.8, 4) is 11.5 Å². The summed E-state index contributed by atoms with van der Waals surface area (Å²) < 4.78 is 10.4. The van der Waals surface area contributed by atoms with Crippen LogP contribution >= 0.6 is 11.3 Å². The number of anilines is 1. The summed E-state index contributed by atoms with van der Waals surface area (Å²) in [5, 5.41) is 8.68. The van der Waals surface area contributed by atoms with E-state index in [1.165, 1.54) is 25.6 Å². The van der Waals surface area contributed by atoms with E-state index in [0.717, 1.165) is 16.5 Å². The van der Waals surface area contributed by atoms with Gasteiger partial charge in [-0.15, -0.1) is 11.3 Å². The largest absolute Gasteiger partial charge is 0.497 e. The van der Waals surface area contributed by atoms with E-state index in [-0.39, 0.29) is 17.5 Å². The Morgan fingerprint density at radius 3 is 2.56 bits per heavy atom. The van der Waals surface area contributed by atoms with Crippen LogP contribution in [-0.4, -0.2) is 42.5 Å². The van der Waals surface area contributed by atoms with Gasteiger partial charge in [-0.25, -0.2) is 4.98 Å². The van der Waals surface area contributed by atoms with Crippen LogP contribution in [-0.2, 0) is 6.42 Å². The summed E-state index contributed by atoms with van der Waals surface area (Å²) in [4.78, 5) is 32.5.